The zero-order chi connectivity index (χ0) is 19.6. The minimum absolute atomic E-state index is 0.0370. The molecule has 2 heterocycles. The van der Waals surface area contributed by atoms with E-state index in [4.69, 9.17) is 0 Å². The molecule has 1 aromatic heterocycles. The van der Waals surface area contributed by atoms with Crippen molar-refractivity contribution in [3.05, 3.63) is 41.2 Å². The van der Waals surface area contributed by atoms with Gasteiger partial charge >= 0.3 is 6.18 Å². The van der Waals surface area contributed by atoms with Crippen LogP contribution in [0.25, 0.3) is 0 Å². The lowest BCUT2D eigenvalue weighted by molar-refractivity contribution is -0.187. The van der Waals surface area contributed by atoms with E-state index in [0.29, 0.717) is 36.0 Å². The first-order valence-corrected chi connectivity index (χ1v) is 9.42. The summed E-state index contributed by atoms with van der Waals surface area (Å²) in [6.45, 7) is 2.24. The fourth-order valence-electron chi connectivity index (χ4n) is 3.18. The van der Waals surface area contributed by atoms with Gasteiger partial charge in [0.2, 0.25) is 5.91 Å². The van der Waals surface area contributed by atoms with Crippen molar-refractivity contribution >= 4 is 28.1 Å². The van der Waals surface area contributed by atoms with E-state index in [1.54, 1.807) is 10.3 Å². The number of rotatable bonds is 4. The van der Waals surface area contributed by atoms with Gasteiger partial charge in [-0.3, -0.25) is 14.6 Å². The second-order valence-corrected chi connectivity index (χ2v) is 7.40. The van der Waals surface area contributed by atoms with Crippen LogP contribution >= 0.6 is 11.3 Å². The molecule has 1 aromatic carbocycles. The SMILES string of the molecule is CC(=O)N(c1ccc(F)cc1)c1nc(CN2CCC[C@@H](C(F)(F)F)C2)cs1. The van der Waals surface area contributed by atoms with Crippen LogP contribution in [-0.2, 0) is 11.3 Å². The molecule has 0 aliphatic carbocycles. The first-order valence-electron chi connectivity index (χ1n) is 8.54. The van der Waals surface area contributed by atoms with E-state index in [1.807, 2.05) is 0 Å². The molecule has 1 saturated heterocycles. The van der Waals surface area contributed by atoms with E-state index in [1.165, 1.54) is 47.4 Å². The Kier molecular flexibility index (Phi) is 5.81. The monoisotopic (exact) mass is 401 g/mol. The molecule has 4 nitrogen and oxygen atoms in total. The predicted octanol–water partition coefficient (Wildman–Crippen LogP) is 4.74. The van der Waals surface area contributed by atoms with Gasteiger partial charge in [0.05, 0.1) is 17.3 Å². The summed E-state index contributed by atoms with van der Waals surface area (Å²) in [6, 6.07) is 5.47. The number of hydrogen-bond donors (Lipinski definition) is 0. The molecule has 146 valence electrons. The van der Waals surface area contributed by atoms with Crippen molar-refractivity contribution < 1.29 is 22.4 Å². The van der Waals surface area contributed by atoms with Crippen LogP contribution in [0.4, 0.5) is 28.4 Å². The van der Waals surface area contributed by atoms with Gasteiger partial charge in [0.15, 0.2) is 5.13 Å². The van der Waals surface area contributed by atoms with Crippen LogP contribution in [0.15, 0.2) is 29.6 Å². The molecule has 1 aliphatic heterocycles. The maximum atomic E-state index is 13.1. The lowest BCUT2D eigenvalue weighted by Gasteiger charge is -2.33. The lowest BCUT2D eigenvalue weighted by Crippen LogP contribution is -2.41. The molecule has 9 heteroatoms. The number of likely N-dealkylation sites (tertiary alicyclic amines) is 1. The molecule has 0 spiro atoms. The van der Waals surface area contributed by atoms with Crippen molar-refractivity contribution in [2.75, 3.05) is 18.0 Å². The molecule has 0 unspecified atom stereocenters. The third-order valence-corrected chi connectivity index (χ3v) is 5.36. The predicted molar refractivity (Wildman–Crippen MR) is 95.4 cm³/mol. The van der Waals surface area contributed by atoms with Crippen LogP contribution in [0.3, 0.4) is 0 Å². The molecular formula is C18H19F4N3OS. The van der Waals surface area contributed by atoms with Gasteiger partial charge in [-0.2, -0.15) is 13.2 Å². The van der Waals surface area contributed by atoms with Crippen LogP contribution in [0.1, 0.15) is 25.5 Å². The van der Waals surface area contributed by atoms with Gasteiger partial charge in [-0.1, -0.05) is 0 Å². The molecule has 1 amide bonds. The highest BCUT2D eigenvalue weighted by atomic mass is 32.1. The number of benzene rings is 1. The number of piperidine rings is 1. The summed E-state index contributed by atoms with van der Waals surface area (Å²) in [6.07, 6.45) is -3.53. The zero-order valence-electron chi connectivity index (χ0n) is 14.7. The summed E-state index contributed by atoms with van der Waals surface area (Å²) >= 11 is 1.23. The topological polar surface area (TPSA) is 36.4 Å². The number of halogens is 4. The van der Waals surface area contributed by atoms with Crippen molar-refractivity contribution in [1.29, 1.82) is 0 Å². The lowest BCUT2D eigenvalue weighted by atomic mass is 9.97. The smallest absolute Gasteiger partial charge is 0.297 e. The number of nitrogens with zero attached hydrogens (tertiary/aromatic N) is 3. The van der Waals surface area contributed by atoms with Gasteiger partial charge in [0.1, 0.15) is 5.82 Å². The number of thiazole rings is 1. The Morgan fingerprint density at radius 2 is 2.04 bits per heavy atom. The molecule has 1 aliphatic rings. The average Bonchev–Trinajstić information content (AvgIpc) is 3.04. The number of anilines is 2. The number of carbonyl (C=O) groups is 1. The van der Waals surface area contributed by atoms with Crippen LogP contribution in [0, 0.1) is 11.7 Å². The Bertz CT molecular complexity index is 791. The Hall–Kier alpha value is -2.00. The number of aromatic nitrogens is 1. The molecule has 1 fully saturated rings. The summed E-state index contributed by atoms with van der Waals surface area (Å²) in [7, 11) is 0. The molecule has 27 heavy (non-hydrogen) atoms. The maximum Gasteiger partial charge on any atom is 0.393 e. The van der Waals surface area contributed by atoms with Crippen molar-refractivity contribution in [3.8, 4) is 0 Å². The van der Waals surface area contributed by atoms with Gasteiger partial charge < -0.3 is 0 Å². The van der Waals surface area contributed by atoms with E-state index in [9.17, 15) is 22.4 Å². The highest BCUT2D eigenvalue weighted by molar-refractivity contribution is 7.14. The quantitative estimate of drug-likeness (QED) is 0.695. The minimum atomic E-state index is -4.18. The van der Waals surface area contributed by atoms with Crippen molar-refractivity contribution in [2.24, 2.45) is 5.92 Å². The molecular weight excluding hydrogens is 382 g/mol. The van der Waals surface area contributed by atoms with E-state index in [0.717, 1.165) is 0 Å². The Balaban J connectivity index is 1.73. The Morgan fingerprint density at radius 1 is 1.33 bits per heavy atom. The van der Waals surface area contributed by atoms with E-state index in [-0.39, 0.29) is 18.9 Å². The molecule has 0 N–H and O–H groups in total. The first kappa shape index (κ1) is 19.8. The summed E-state index contributed by atoms with van der Waals surface area (Å²) in [5.74, 6) is -2.00. The Morgan fingerprint density at radius 3 is 2.67 bits per heavy atom. The maximum absolute atomic E-state index is 13.1. The summed E-state index contributed by atoms with van der Waals surface area (Å²) < 4.78 is 52.0. The normalized spacial score (nSPS) is 18.5. The van der Waals surface area contributed by atoms with Gasteiger partial charge in [0.25, 0.3) is 0 Å². The number of amides is 1. The van der Waals surface area contributed by atoms with E-state index < -0.39 is 17.9 Å². The largest absolute Gasteiger partial charge is 0.393 e. The molecule has 0 bridgehead atoms. The molecule has 0 radical (unpaired) electrons. The fraction of sp³-hybridized carbons (Fsp3) is 0.444. The van der Waals surface area contributed by atoms with Crippen LogP contribution in [-0.4, -0.2) is 35.1 Å². The first-order chi connectivity index (χ1) is 12.7. The Labute approximate surface area is 158 Å². The summed E-state index contributed by atoms with van der Waals surface area (Å²) in [4.78, 5) is 19.6. The second-order valence-electron chi connectivity index (χ2n) is 6.57. The molecule has 0 saturated carbocycles. The number of carbonyl (C=O) groups excluding carboxylic acids is 1. The zero-order valence-corrected chi connectivity index (χ0v) is 15.5. The van der Waals surface area contributed by atoms with Crippen LogP contribution in [0.2, 0.25) is 0 Å². The number of alkyl halides is 3. The standard InChI is InChI=1S/C18H19F4N3OS/c1-12(26)25(16-6-4-14(19)5-7-16)17-23-15(11-27-17)10-24-8-2-3-13(9-24)18(20,21)22/h4-7,11,13H,2-3,8-10H2,1H3/t13-/m1/s1. The molecule has 3 rings (SSSR count). The summed E-state index contributed by atoms with van der Waals surface area (Å²) in [5.41, 5.74) is 1.10. The van der Waals surface area contributed by atoms with Gasteiger partial charge in [-0.15, -0.1) is 11.3 Å². The number of hydrogen-bond acceptors (Lipinski definition) is 4. The van der Waals surface area contributed by atoms with Gasteiger partial charge in [-0.05, 0) is 43.7 Å². The second kappa shape index (κ2) is 7.93. The summed E-state index contributed by atoms with van der Waals surface area (Å²) in [5, 5.41) is 2.15. The van der Waals surface area contributed by atoms with E-state index >= 15 is 0 Å². The third-order valence-electron chi connectivity index (χ3n) is 4.48. The van der Waals surface area contributed by atoms with Crippen molar-refractivity contribution in [1.82, 2.24) is 9.88 Å². The molecule has 1 atom stereocenters. The van der Waals surface area contributed by atoms with Gasteiger partial charge in [-0.25, -0.2) is 9.37 Å². The average molecular weight is 401 g/mol. The van der Waals surface area contributed by atoms with Crippen molar-refractivity contribution in [3.63, 3.8) is 0 Å². The third kappa shape index (κ3) is 4.84. The van der Waals surface area contributed by atoms with Crippen molar-refractivity contribution in [2.45, 2.75) is 32.5 Å². The molecule has 2 aromatic rings. The van der Waals surface area contributed by atoms with Crippen LogP contribution in [0.5, 0.6) is 0 Å². The minimum Gasteiger partial charge on any atom is -0.297 e. The van der Waals surface area contributed by atoms with E-state index in [2.05, 4.69) is 4.98 Å². The highest BCUT2D eigenvalue weighted by Crippen LogP contribution is 2.34. The fourth-order valence-corrected chi connectivity index (χ4v) is 4.06. The van der Waals surface area contributed by atoms with Gasteiger partial charge in [0, 0.05) is 25.4 Å². The van der Waals surface area contributed by atoms with Crippen LogP contribution < -0.4 is 4.90 Å². The highest BCUT2D eigenvalue weighted by Gasteiger charge is 2.41.